The highest BCUT2D eigenvalue weighted by Crippen LogP contribution is 2.38. The third kappa shape index (κ3) is 71.4. The lowest BCUT2D eigenvalue weighted by Gasteiger charge is -2.28. The fourth-order valence-electron chi connectivity index (χ4n) is 8.29. The van der Waals surface area contributed by atoms with Gasteiger partial charge in [0.1, 0.15) is 19.8 Å². The molecule has 0 aliphatic heterocycles. The number of carbonyl (C=O) groups excluding carboxylic acids is 2. The zero-order valence-corrected chi connectivity index (χ0v) is 57.9. The quantitative estimate of drug-likeness (QED) is 0.0195. The van der Waals surface area contributed by atoms with Gasteiger partial charge in [-0.2, -0.15) is 0 Å². The molecule has 0 aromatic carbocycles. The molecule has 0 saturated carbocycles. The standard InChI is InChI=1S/C80H124NO8P/c1-6-8-10-12-14-16-18-20-22-24-26-28-30-32-34-35-36-37-38-39-40-41-42-43-44-45-47-49-51-53-55-57-59-61-63-65-67-69-71-73-80(83)89-78(77-88-90(84,85)87-75-74-81(3,4)5)76-86-79(82)72-70-68-66-64-62-60-58-56-54-52-50-48-46-33-31-29-27-25-23-21-19-17-15-13-11-9-7-2/h8-11,14-17,20-23,26-29,32-34,36-37,39-40,42-43,45-47,50-53,57,59,63,65,78H,6-7,12-13,18-19,24-25,30-31,35,38,41,44,48-49,54-56,58,60-62,64,66-77H2,1-5H3/b10-8-,11-9-,16-14-,17-15-,22-20-,23-21-,28-26-,29-27-,34-32-,37-36-,40-39-,43-42-,46-33-,47-45-,52-50-,53-51-,59-57-,65-63-. The maximum Gasteiger partial charge on any atom is 0.306 e. The first-order chi connectivity index (χ1) is 44.0. The number of carbonyl (C=O) groups is 2. The lowest BCUT2D eigenvalue weighted by Crippen LogP contribution is -2.37. The fraction of sp³-hybridized carbons (Fsp3) is 0.525. The van der Waals surface area contributed by atoms with Crippen molar-refractivity contribution in [1.82, 2.24) is 0 Å². The van der Waals surface area contributed by atoms with Gasteiger partial charge in [-0.25, -0.2) is 0 Å². The lowest BCUT2D eigenvalue weighted by atomic mass is 10.1. The Bertz CT molecular complexity index is 2320. The van der Waals surface area contributed by atoms with Crippen molar-refractivity contribution in [2.75, 3.05) is 47.5 Å². The van der Waals surface area contributed by atoms with Crippen molar-refractivity contribution in [3.05, 3.63) is 219 Å². The van der Waals surface area contributed by atoms with E-state index in [9.17, 15) is 19.0 Å². The summed E-state index contributed by atoms with van der Waals surface area (Å²) in [7, 11) is 1.10. The van der Waals surface area contributed by atoms with Gasteiger partial charge in [0, 0.05) is 12.8 Å². The van der Waals surface area contributed by atoms with E-state index in [4.69, 9.17) is 18.5 Å². The van der Waals surface area contributed by atoms with E-state index in [-0.39, 0.29) is 26.1 Å². The fourth-order valence-corrected chi connectivity index (χ4v) is 9.01. The SMILES string of the molecule is CC/C=C\C/C=C\C/C=C\C/C=C\C/C=C\C/C=C\C/C=C\C/C=C\C/C=C\C/C=C\C/C=C\C/C=C\CCCCC(=O)OC(COC(=O)CCCCCCCCCC/C=C\C/C=C\C/C=C\C/C=C\C/C=C\C/C=C\CC)COP(=O)([O-])OCC[N+](C)(C)C. The lowest BCUT2D eigenvalue weighted by molar-refractivity contribution is -0.870. The molecule has 0 aliphatic carbocycles. The largest absolute Gasteiger partial charge is 0.756 e. The summed E-state index contributed by atoms with van der Waals surface area (Å²) in [6.45, 7) is 3.92. The summed E-state index contributed by atoms with van der Waals surface area (Å²) in [5, 5.41) is 0. The van der Waals surface area contributed by atoms with Crippen LogP contribution in [0.1, 0.15) is 219 Å². The highest BCUT2D eigenvalue weighted by Gasteiger charge is 2.22. The highest BCUT2D eigenvalue weighted by atomic mass is 31.2. The molecule has 0 aliphatic rings. The zero-order chi connectivity index (χ0) is 65.5. The molecule has 10 heteroatoms. The molecule has 90 heavy (non-hydrogen) atoms. The predicted molar refractivity (Wildman–Crippen MR) is 387 cm³/mol. The van der Waals surface area contributed by atoms with Gasteiger partial charge in [-0.05, 0) is 154 Å². The number of hydrogen-bond acceptors (Lipinski definition) is 8. The molecule has 0 radical (unpaired) electrons. The molecule has 0 bridgehead atoms. The Balaban J connectivity index is 4.27. The van der Waals surface area contributed by atoms with E-state index in [2.05, 4.69) is 233 Å². The average Bonchev–Trinajstić information content (AvgIpc) is 3.58. The van der Waals surface area contributed by atoms with Crippen LogP contribution in [0.5, 0.6) is 0 Å². The third-order valence-corrected chi connectivity index (χ3v) is 14.5. The second kappa shape index (κ2) is 67.7. The molecule has 0 amide bonds. The molecule has 0 N–H and O–H groups in total. The number of ether oxygens (including phenoxy) is 2. The van der Waals surface area contributed by atoms with E-state index in [1.807, 2.05) is 21.1 Å². The number of unbranched alkanes of at least 4 members (excludes halogenated alkanes) is 10. The van der Waals surface area contributed by atoms with Crippen molar-refractivity contribution in [2.24, 2.45) is 0 Å². The van der Waals surface area contributed by atoms with Crippen LogP contribution >= 0.6 is 7.82 Å². The molecule has 0 spiro atoms. The molecule has 9 nitrogen and oxygen atoms in total. The summed E-state index contributed by atoms with van der Waals surface area (Å²) in [4.78, 5) is 38.0. The number of phosphoric acid groups is 1. The van der Waals surface area contributed by atoms with Crippen LogP contribution in [0.4, 0.5) is 0 Å². The Labute approximate surface area is 550 Å². The zero-order valence-electron chi connectivity index (χ0n) is 57.0. The highest BCUT2D eigenvalue weighted by molar-refractivity contribution is 7.45. The molecule has 0 heterocycles. The van der Waals surface area contributed by atoms with Crippen molar-refractivity contribution >= 4 is 19.8 Å². The van der Waals surface area contributed by atoms with Gasteiger partial charge in [0.2, 0.25) is 0 Å². The number of esters is 2. The molecule has 2 unspecified atom stereocenters. The molecule has 0 rings (SSSR count). The van der Waals surface area contributed by atoms with Crippen LogP contribution in [0.15, 0.2) is 219 Å². The topological polar surface area (TPSA) is 111 Å². The second-order valence-electron chi connectivity index (χ2n) is 23.1. The Morgan fingerprint density at radius 2 is 0.600 bits per heavy atom. The molecule has 0 fully saturated rings. The first kappa shape index (κ1) is 84.3. The van der Waals surface area contributed by atoms with Crippen LogP contribution in [0.25, 0.3) is 0 Å². The van der Waals surface area contributed by atoms with Crippen molar-refractivity contribution in [1.29, 1.82) is 0 Å². The van der Waals surface area contributed by atoms with Crippen LogP contribution < -0.4 is 4.89 Å². The maximum absolute atomic E-state index is 12.8. The average molecular weight is 1260 g/mol. The number of quaternary nitrogens is 1. The Hall–Kier alpha value is -5.67. The smallest absolute Gasteiger partial charge is 0.306 e. The number of rotatable bonds is 60. The van der Waals surface area contributed by atoms with Gasteiger partial charge in [0.25, 0.3) is 7.82 Å². The van der Waals surface area contributed by atoms with Gasteiger partial charge in [-0.15, -0.1) is 0 Å². The molecular weight excluding hydrogens is 1130 g/mol. The molecule has 0 aromatic heterocycles. The van der Waals surface area contributed by atoms with Gasteiger partial charge >= 0.3 is 11.9 Å². The number of hydrogen-bond donors (Lipinski definition) is 0. The van der Waals surface area contributed by atoms with Crippen LogP contribution in [-0.2, 0) is 32.7 Å². The molecule has 0 saturated heterocycles. The van der Waals surface area contributed by atoms with E-state index >= 15 is 0 Å². The first-order valence-corrected chi connectivity index (χ1v) is 35.9. The maximum atomic E-state index is 12.8. The summed E-state index contributed by atoms with van der Waals surface area (Å²) in [6.07, 6.45) is 109. The Morgan fingerprint density at radius 3 is 0.911 bits per heavy atom. The molecule has 502 valence electrons. The van der Waals surface area contributed by atoms with Crippen LogP contribution in [-0.4, -0.2) is 70.0 Å². The van der Waals surface area contributed by atoms with Crippen molar-refractivity contribution in [2.45, 2.75) is 225 Å². The minimum Gasteiger partial charge on any atom is -0.756 e. The first-order valence-electron chi connectivity index (χ1n) is 34.4. The van der Waals surface area contributed by atoms with Crippen LogP contribution in [0, 0.1) is 0 Å². The van der Waals surface area contributed by atoms with Gasteiger partial charge in [0.15, 0.2) is 6.10 Å². The number of phosphoric ester groups is 1. The number of likely N-dealkylation sites (N-methyl/N-ethyl adjacent to an activating group) is 1. The predicted octanol–water partition coefficient (Wildman–Crippen LogP) is 22.2. The molecule has 0 aromatic rings. The number of allylic oxidation sites excluding steroid dienone is 36. The van der Waals surface area contributed by atoms with Gasteiger partial charge in [-0.3, -0.25) is 14.2 Å². The summed E-state index contributed by atoms with van der Waals surface area (Å²) in [6, 6.07) is 0. The summed E-state index contributed by atoms with van der Waals surface area (Å²) < 4.78 is 34.2. The minimum absolute atomic E-state index is 0.0539. The monoisotopic (exact) mass is 1260 g/mol. The summed E-state index contributed by atoms with van der Waals surface area (Å²) in [5.74, 6) is -0.913. The van der Waals surface area contributed by atoms with Gasteiger partial charge in [0.05, 0.1) is 27.7 Å². The Morgan fingerprint density at radius 1 is 0.344 bits per heavy atom. The van der Waals surface area contributed by atoms with Crippen molar-refractivity contribution < 1.29 is 42.1 Å². The van der Waals surface area contributed by atoms with E-state index in [1.165, 1.54) is 25.7 Å². The van der Waals surface area contributed by atoms with Gasteiger partial charge < -0.3 is 27.9 Å². The number of nitrogens with zero attached hydrogens (tertiary/aromatic N) is 1. The molecule has 2 atom stereocenters. The van der Waals surface area contributed by atoms with Crippen LogP contribution in [0.2, 0.25) is 0 Å². The summed E-state index contributed by atoms with van der Waals surface area (Å²) in [5.41, 5.74) is 0. The molecular formula is C80H124NO8P. The van der Waals surface area contributed by atoms with E-state index in [1.54, 1.807) is 0 Å². The Kier molecular flexibility index (Phi) is 63.4. The van der Waals surface area contributed by atoms with Crippen molar-refractivity contribution in [3.8, 4) is 0 Å². The second-order valence-corrected chi connectivity index (χ2v) is 24.5. The minimum atomic E-state index is -4.67. The normalized spacial score (nSPS) is 14.5. The van der Waals surface area contributed by atoms with E-state index in [0.717, 1.165) is 154 Å². The summed E-state index contributed by atoms with van der Waals surface area (Å²) >= 11 is 0. The van der Waals surface area contributed by atoms with Crippen molar-refractivity contribution in [3.63, 3.8) is 0 Å². The van der Waals surface area contributed by atoms with Gasteiger partial charge in [-0.1, -0.05) is 271 Å². The van der Waals surface area contributed by atoms with E-state index < -0.39 is 32.5 Å². The van der Waals surface area contributed by atoms with Crippen LogP contribution in [0.3, 0.4) is 0 Å². The van der Waals surface area contributed by atoms with E-state index in [0.29, 0.717) is 23.9 Å². The third-order valence-electron chi connectivity index (χ3n) is 13.5.